The van der Waals surface area contributed by atoms with Crippen molar-refractivity contribution < 1.29 is 9.59 Å². The van der Waals surface area contributed by atoms with Crippen molar-refractivity contribution in [2.24, 2.45) is 39.9 Å². The Morgan fingerprint density at radius 2 is 1.91 bits per heavy atom. The lowest BCUT2D eigenvalue weighted by molar-refractivity contribution is -0.166. The second-order valence-corrected chi connectivity index (χ2v) is 9.52. The second kappa shape index (κ2) is 3.55. The van der Waals surface area contributed by atoms with Crippen LogP contribution in [0.3, 0.4) is 0 Å². The Kier molecular flexibility index (Phi) is 2.23. The van der Waals surface area contributed by atoms with E-state index in [2.05, 4.69) is 20.4 Å². The molecule has 1 spiro atoms. The maximum Gasteiger partial charge on any atom is 0.153 e. The number of allylic oxidation sites excluding steroid dienone is 1. The number of halogens is 1. The SMILES string of the molecule is C=C1[C@H]2CC[C@@]34C(=O)C5[C@@H](C[C@H]3[C@]2(C)CC[C@@H]1Cl)[C@@]5(C)C4=O. The number of rotatable bonds is 0. The van der Waals surface area contributed by atoms with E-state index in [9.17, 15) is 9.59 Å². The molecule has 1 unspecified atom stereocenters. The third-order valence-electron chi connectivity index (χ3n) is 8.62. The van der Waals surface area contributed by atoms with E-state index >= 15 is 0 Å². The van der Waals surface area contributed by atoms with Gasteiger partial charge < -0.3 is 0 Å². The number of hydrogen-bond donors (Lipinski definition) is 0. The first-order valence-corrected chi connectivity index (χ1v) is 9.15. The van der Waals surface area contributed by atoms with Gasteiger partial charge in [-0.25, -0.2) is 0 Å². The summed E-state index contributed by atoms with van der Waals surface area (Å²) in [5.74, 6) is 1.62. The van der Waals surface area contributed by atoms with Crippen LogP contribution in [-0.4, -0.2) is 16.9 Å². The molecule has 0 aromatic heterocycles. The Hall–Kier alpha value is -0.630. The van der Waals surface area contributed by atoms with Gasteiger partial charge in [0.2, 0.25) is 0 Å². The van der Waals surface area contributed by atoms with E-state index in [1.54, 1.807) is 0 Å². The summed E-state index contributed by atoms with van der Waals surface area (Å²) >= 11 is 6.45. The first kappa shape index (κ1) is 13.8. The molecule has 0 amide bonds. The Bertz CT molecular complexity index is 654. The minimum Gasteiger partial charge on any atom is -0.298 e. The fraction of sp³-hybridized carbons (Fsp3) is 0.789. The van der Waals surface area contributed by atoms with Crippen LogP contribution < -0.4 is 0 Å². The lowest BCUT2D eigenvalue weighted by Crippen LogP contribution is -2.61. The van der Waals surface area contributed by atoms with Gasteiger partial charge in [0.15, 0.2) is 11.6 Å². The van der Waals surface area contributed by atoms with Crippen LogP contribution in [0.1, 0.15) is 46.0 Å². The molecule has 0 heterocycles. The number of carbonyl (C=O) groups is 2. The molecule has 0 radical (unpaired) electrons. The summed E-state index contributed by atoms with van der Waals surface area (Å²) in [5.41, 5.74) is 0.266. The highest BCUT2D eigenvalue weighted by Crippen LogP contribution is 2.81. The van der Waals surface area contributed by atoms with E-state index in [4.69, 9.17) is 11.6 Å². The predicted molar refractivity (Wildman–Crippen MR) is 84.5 cm³/mol. The number of alkyl halides is 1. The summed E-state index contributed by atoms with van der Waals surface area (Å²) in [5, 5.41) is 0.0717. The van der Waals surface area contributed by atoms with E-state index in [1.165, 1.54) is 0 Å². The maximum absolute atomic E-state index is 13.2. The third-order valence-corrected chi connectivity index (χ3v) is 9.11. The minimum atomic E-state index is -0.640. The summed E-state index contributed by atoms with van der Waals surface area (Å²) in [4.78, 5) is 26.3. The Morgan fingerprint density at radius 1 is 1.18 bits per heavy atom. The molecule has 0 aromatic carbocycles. The van der Waals surface area contributed by atoms with Gasteiger partial charge in [0.25, 0.3) is 0 Å². The largest absolute Gasteiger partial charge is 0.298 e. The van der Waals surface area contributed by atoms with Crippen LogP contribution in [-0.2, 0) is 9.59 Å². The van der Waals surface area contributed by atoms with Crippen LogP contribution in [0.25, 0.3) is 0 Å². The van der Waals surface area contributed by atoms with Gasteiger partial charge in [0, 0.05) is 11.3 Å². The van der Waals surface area contributed by atoms with Crippen molar-refractivity contribution in [1.82, 2.24) is 0 Å². The Labute approximate surface area is 136 Å². The molecule has 0 N–H and O–H groups in total. The molecule has 3 heteroatoms. The zero-order valence-electron chi connectivity index (χ0n) is 13.3. The van der Waals surface area contributed by atoms with Crippen molar-refractivity contribution >= 4 is 23.2 Å². The topological polar surface area (TPSA) is 34.1 Å². The van der Waals surface area contributed by atoms with Crippen molar-refractivity contribution in [1.29, 1.82) is 0 Å². The van der Waals surface area contributed by atoms with Gasteiger partial charge in [-0.3, -0.25) is 9.59 Å². The fourth-order valence-corrected chi connectivity index (χ4v) is 7.65. The van der Waals surface area contributed by atoms with Gasteiger partial charge in [0.1, 0.15) is 0 Å². The summed E-state index contributed by atoms with van der Waals surface area (Å²) in [7, 11) is 0. The van der Waals surface area contributed by atoms with Crippen LogP contribution in [0.2, 0.25) is 0 Å². The zero-order valence-corrected chi connectivity index (χ0v) is 14.1. The Balaban J connectivity index is 1.64. The maximum atomic E-state index is 13.2. The lowest BCUT2D eigenvalue weighted by atomic mass is 9.42. The van der Waals surface area contributed by atoms with Gasteiger partial charge in [-0.1, -0.05) is 26.0 Å². The lowest BCUT2D eigenvalue weighted by Gasteiger charge is -2.60. The number of fused-ring (bicyclic) bond motifs is 1. The highest BCUT2D eigenvalue weighted by atomic mass is 35.5. The average Bonchev–Trinajstić information content (AvgIpc) is 3.07. The van der Waals surface area contributed by atoms with Crippen LogP contribution in [0.5, 0.6) is 0 Å². The molecular weight excluding hydrogens is 296 g/mol. The first-order valence-electron chi connectivity index (χ1n) is 8.71. The molecule has 2 nitrogen and oxygen atoms in total. The quantitative estimate of drug-likeness (QED) is 0.387. The summed E-state index contributed by atoms with van der Waals surface area (Å²) in [6.07, 6.45) is 4.71. The molecule has 4 bridgehead atoms. The van der Waals surface area contributed by atoms with Gasteiger partial charge in [-0.05, 0) is 55.3 Å². The molecule has 6 aliphatic rings. The molecule has 0 saturated heterocycles. The molecule has 0 aliphatic heterocycles. The fourth-order valence-electron chi connectivity index (χ4n) is 7.39. The number of Topliss-reactive ketones (excluding diaryl/α,β-unsaturated/α-hetero) is 2. The number of carbonyl (C=O) groups excluding carboxylic acids is 2. The van der Waals surface area contributed by atoms with Crippen LogP contribution in [0, 0.1) is 39.9 Å². The van der Waals surface area contributed by atoms with E-state index in [-0.39, 0.29) is 28.0 Å². The van der Waals surface area contributed by atoms with Crippen molar-refractivity contribution in [2.45, 2.75) is 51.3 Å². The molecule has 22 heavy (non-hydrogen) atoms. The number of ketones is 2. The van der Waals surface area contributed by atoms with Crippen molar-refractivity contribution in [3.8, 4) is 0 Å². The van der Waals surface area contributed by atoms with E-state index in [1.807, 2.05) is 0 Å². The zero-order chi connectivity index (χ0) is 15.7. The standard InChI is InChI=1S/C19H23ClO2/c1-9-10-4-7-19-13(17(10,2)6-5-12(9)20)8-11-14(15(19)21)18(11,3)16(19)22/h10-14H,1,4-8H2,2-3H3/t10-,11-,12+,13+,14?,17-,18-,19+/m1/s1. The van der Waals surface area contributed by atoms with E-state index in [0.29, 0.717) is 23.4 Å². The van der Waals surface area contributed by atoms with Crippen LogP contribution in [0.4, 0.5) is 0 Å². The van der Waals surface area contributed by atoms with Crippen LogP contribution in [0.15, 0.2) is 12.2 Å². The molecule has 118 valence electrons. The van der Waals surface area contributed by atoms with Crippen molar-refractivity contribution in [3.05, 3.63) is 12.2 Å². The molecular formula is C19H23ClO2. The van der Waals surface area contributed by atoms with Gasteiger partial charge in [-0.2, -0.15) is 0 Å². The van der Waals surface area contributed by atoms with Crippen LogP contribution >= 0.6 is 11.6 Å². The number of hydrogen-bond acceptors (Lipinski definition) is 2. The van der Waals surface area contributed by atoms with Gasteiger partial charge >= 0.3 is 0 Å². The Morgan fingerprint density at radius 3 is 2.55 bits per heavy atom. The normalized spacial score (nSPS) is 61.8. The highest BCUT2D eigenvalue weighted by molar-refractivity contribution is 6.23. The molecule has 6 aliphatic carbocycles. The monoisotopic (exact) mass is 318 g/mol. The molecule has 8 atom stereocenters. The van der Waals surface area contributed by atoms with Gasteiger partial charge in [0.05, 0.1) is 10.8 Å². The highest BCUT2D eigenvalue weighted by Gasteiger charge is 2.87. The molecule has 6 fully saturated rings. The van der Waals surface area contributed by atoms with Crippen molar-refractivity contribution in [3.63, 3.8) is 0 Å². The summed E-state index contributed by atoms with van der Waals surface area (Å²) < 4.78 is 0. The molecule has 6 rings (SSSR count). The van der Waals surface area contributed by atoms with E-state index < -0.39 is 5.41 Å². The molecule has 0 aromatic rings. The first-order chi connectivity index (χ1) is 10.3. The third kappa shape index (κ3) is 1.09. The smallest absolute Gasteiger partial charge is 0.153 e. The average molecular weight is 319 g/mol. The predicted octanol–water partition coefficient (Wildman–Crippen LogP) is 3.77. The molecule has 6 saturated carbocycles. The summed E-state index contributed by atoms with van der Waals surface area (Å²) in [6.45, 7) is 8.64. The van der Waals surface area contributed by atoms with Gasteiger partial charge in [-0.15, -0.1) is 11.6 Å². The minimum absolute atomic E-state index is 0.0426. The summed E-state index contributed by atoms with van der Waals surface area (Å²) in [6, 6.07) is 0. The van der Waals surface area contributed by atoms with Crippen molar-refractivity contribution in [2.75, 3.05) is 0 Å². The second-order valence-electron chi connectivity index (χ2n) is 9.00. The van der Waals surface area contributed by atoms with E-state index in [0.717, 1.165) is 37.7 Å².